The van der Waals surface area contributed by atoms with E-state index in [-0.39, 0.29) is 5.78 Å². The van der Waals surface area contributed by atoms with E-state index in [4.69, 9.17) is 4.43 Å². The summed E-state index contributed by atoms with van der Waals surface area (Å²) in [7, 11) is -0.816. The van der Waals surface area contributed by atoms with Gasteiger partial charge in [-0.25, -0.2) is 0 Å². The number of rotatable bonds is 7. The van der Waals surface area contributed by atoms with Gasteiger partial charge in [-0.1, -0.05) is 92.7 Å². The summed E-state index contributed by atoms with van der Waals surface area (Å²) in [5.41, 5.74) is 3.03. The van der Waals surface area contributed by atoms with Crippen LogP contribution in [0, 0.1) is 17.8 Å². The van der Waals surface area contributed by atoms with Crippen molar-refractivity contribution in [1.29, 1.82) is 0 Å². The SMILES string of the molecule is CC(C)C1/C=C\C(CO[SiH2]C(c2ccccc2)c2ccccc2)C/C=C\C(=O)CC1. The van der Waals surface area contributed by atoms with Gasteiger partial charge >= 0.3 is 0 Å². The van der Waals surface area contributed by atoms with Gasteiger partial charge < -0.3 is 4.43 Å². The first-order valence-corrected chi connectivity index (χ1v) is 12.6. The summed E-state index contributed by atoms with van der Waals surface area (Å²) < 4.78 is 6.40. The second-order valence-electron chi connectivity index (χ2n) is 8.61. The fourth-order valence-electron chi connectivity index (χ4n) is 4.01. The fraction of sp³-hybridized carbons (Fsp3) is 0.370. The highest BCUT2D eigenvalue weighted by molar-refractivity contribution is 6.31. The third kappa shape index (κ3) is 6.93. The van der Waals surface area contributed by atoms with Crippen LogP contribution in [0.3, 0.4) is 0 Å². The molecule has 30 heavy (non-hydrogen) atoms. The fourth-order valence-corrected chi connectivity index (χ4v) is 5.62. The molecule has 3 rings (SSSR count). The Hall–Kier alpha value is -2.23. The summed E-state index contributed by atoms with van der Waals surface area (Å²) in [4.78, 5) is 12.1. The Kier molecular flexibility index (Phi) is 8.85. The van der Waals surface area contributed by atoms with Gasteiger partial charge in [0.05, 0.1) is 0 Å². The summed E-state index contributed by atoms with van der Waals surface area (Å²) in [6, 6.07) is 21.4. The van der Waals surface area contributed by atoms with Crippen molar-refractivity contribution in [2.45, 2.75) is 38.7 Å². The van der Waals surface area contributed by atoms with Crippen molar-refractivity contribution in [2.75, 3.05) is 6.61 Å². The van der Waals surface area contributed by atoms with Gasteiger partial charge in [0.25, 0.3) is 0 Å². The summed E-state index contributed by atoms with van der Waals surface area (Å²) in [6.07, 6.45) is 10.9. The molecule has 2 unspecified atom stereocenters. The molecule has 0 fully saturated rings. The van der Waals surface area contributed by atoms with Gasteiger partial charge in [-0.15, -0.1) is 0 Å². The van der Waals surface area contributed by atoms with Gasteiger partial charge in [0.1, 0.15) is 0 Å². The third-order valence-corrected chi connectivity index (χ3v) is 7.72. The quantitative estimate of drug-likeness (QED) is 0.430. The van der Waals surface area contributed by atoms with E-state index < -0.39 is 9.76 Å². The van der Waals surface area contributed by atoms with Gasteiger partial charge in [-0.2, -0.15) is 0 Å². The number of carbonyl (C=O) groups excluding carboxylic acids is 1. The first-order valence-electron chi connectivity index (χ1n) is 11.2. The summed E-state index contributed by atoms with van der Waals surface area (Å²) >= 11 is 0. The molecule has 1 aliphatic carbocycles. The van der Waals surface area contributed by atoms with Crippen LogP contribution in [0.15, 0.2) is 85.0 Å². The van der Waals surface area contributed by atoms with E-state index in [1.54, 1.807) is 6.08 Å². The smallest absolute Gasteiger partial charge is 0.173 e. The molecule has 0 saturated heterocycles. The Morgan fingerprint density at radius 2 is 1.60 bits per heavy atom. The Morgan fingerprint density at radius 1 is 0.967 bits per heavy atom. The summed E-state index contributed by atoms with van der Waals surface area (Å²) in [5.74, 6) is 1.59. The Balaban J connectivity index is 1.67. The largest absolute Gasteiger partial charge is 0.422 e. The van der Waals surface area contributed by atoms with E-state index in [1.807, 2.05) is 6.08 Å². The molecule has 1 aliphatic rings. The minimum atomic E-state index is -0.816. The van der Waals surface area contributed by atoms with E-state index in [0.29, 0.717) is 29.7 Å². The maximum absolute atomic E-state index is 12.1. The number of allylic oxidation sites excluding steroid dienone is 3. The molecule has 2 aromatic rings. The molecule has 0 heterocycles. The first kappa shape index (κ1) is 22.5. The lowest BCUT2D eigenvalue weighted by atomic mass is 9.88. The highest BCUT2D eigenvalue weighted by Gasteiger charge is 2.17. The lowest BCUT2D eigenvalue weighted by molar-refractivity contribution is -0.114. The second kappa shape index (κ2) is 11.8. The number of ketones is 1. The Bertz CT molecular complexity index is 787. The summed E-state index contributed by atoms with van der Waals surface area (Å²) in [6.45, 7) is 5.20. The van der Waals surface area contributed by atoms with Crippen molar-refractivity contribution in [3.05, 3.63) is 96.1 Å². The van der Waals surface area contributed by atoms with E-state index in [0.717, 1.165) is 19.4 Å². The Morgan fingerprint density at radius 3 is 2.20 bits per heavy atom. The zero-order chi connectivity index (χ0) is 21.2. The van der Waals surface area contributed by atoms with Gasteiger partial charge in [-0.05, 0) is 41.9 Å². The molecular formula is C27H34O2Si. The highest BCUT2D eigenvalue weighted by Crippen LogP contribution is 2.25. The molecule has 0 N–H and O–H groups in total. The van der Waals surface area contributed by atoms with Crippen LogP contribution in [0.25, 0.3) is 0 Å². The topological polar surface area (TPSA) is 26.3 Å². The molecule has 0 spiro atoms. The molecular weight excluding hydrogens is 384 g/mol. The molecule has 158 valence electrons. The van der Waals surface area contributed by atoms with E-state index >= 15 is 0 Å². The predicted molar refractivity (Wildman–Crippen MR) is 128 cm³/mol. The van der Waals surface area contributed by atoms with Crippen LogP contribution in [0.4, 0.5) is 0 Å². The molecule has 2 nitrogen and oxygen atoms in total. The van der Waals surface area contributed by atoms with Crippen molar-refractivity contribution in [2.24, 2.45) is 17.8 Å². The number of hydrogen-bond acceptors (Lipinski definition) is 2. The second-order valence-corrected chi connectivity index (χ2v) is 10.2. The van der Waals surface area contributed by atoms with Crippen LogP contribution in [0.5, 0.6) is 0 Å². The monoisotopic (exact) mass is 418 g/mol. The van der Waals surface area contributed by atoms with Crippen LogP contribution < -0.4 is 0 Å². The molecule has 3 heteroatoms. The van der Waals surface area contributed by atoms with Gasteiger partial charge in [0.2, 0.25) is 0 Å². The minimum Gasteiger partial charge on any atom is -0.422 e. The van der Waals surface area contributed by atoms with Crippen molar-refractivity contribution in [1.82, 2.24) is 0 Å². The van der Waals surface area contributed by atoms with Gasteiger partial charge in [0, 0.05) is 24.5 Å². The molecule has 2 atom stereocenters. The molecule has 0 aliphatic heterocycles. The van der Waals surface area contributed by atoms with Gasteiger partial charge in [0.15, 0.2) is 15.5 Å². The standard InChI is InChI=1S/C27H34O2Si/c1-21(2)23-17-16-22(10-9-15-26(28)19-18-23)20-29-30-27(24-11-5-3-6-12-24)25-13-7-4-8-14-25/h3-9,11-17,21-23,27H,10,18-20,30H2,1-2H3/b15-9-,17-16-. The van der Waals surface area contributed by atoms with Crippen LogP contribution in [-0.2, 0) is 9.22 Å². The summed E-state index contributed by atoms with van der Waals surface area (Å²) in [5, 5.41) is 0. The zero-order valence-corrected chi connectivity index (χ0v) is 19.7. The van der Waals surface area contributed by atoms with Crippen LogP contribution in [0.2, 0.25) is 0 Å². The first-order chi connectivity index (χ1) is 14.6. The molecule has 0 bridgehead atoms. The van der Waals surface area contributed by atoms with Crippen LogP contribution in [0.1, 0.15) is 49.8 Å². The maximum atomic E-state index is 12.1. The zero-order valence-electron chi connectivity index (χ0n) is 18.2. The highest BCUT2D eigenvalue weighted by atomic mass is 28.2. The maximum Gasteiger partial charge on any atom is 0.173 e. The lowest BCUT2D eigenvalue weighted by Gasteiger charge is -2.21. The van der Waals surface area contributed by atoms with Gasteiger partial charge in [-0.3, -0.25) is 4.79 Å². The molecule has 0 aromatic heterocycles. The minimum absolute atomic E-state index is 0.248. The predicted octanol–water partition coefficient (Wildman–Crippen LogP) is 5.63. The number of benzene rings is 2. The lowest BCUT2D eigenvalue weighted by Crippen LogP contribution is -2.18. The van der Waals surface area contributed by atoms with Crippen molar-refractivity contribution in [3.63, 3.8) is 0 Å². The average molecular weight is 419 g/mol. The van der Waals surface area contributed by atoms with Crippen LogP contribution >= 0.6 is 0 Å². The van der Waals surface area contributed by atoms with E-state index in [2.05, 4.69) is 86.7 Å². The Labute approximate surface area is 184 Å². The van der Waals surface area contributed by atoms with E-state index in [9.17, 15) is 4.79 Å². The average Bonchev–Trinajstić information content (AvgIpc) is 2.77. The van der Waals surface area contributed by atoms with Crippen molar-refractivity contribution < 1.29 is 9.22 Å². The van der Waals surface area contributed by atoms with Crippen molar-refractivity contribution in [3.8, 4) is 0 Å². The van der Waals surface area contributed by atoms with Crippen molar-refractivity contribution >= 4 is 15.5 Å². The number of hydrogen-bond donors (Lipinski definition) is 0. The molecule has 0 saturated carbocycles. The molecule has 0 amide bonds. The number of carbonyl (C=O) groups is 1. The van der Waals surface area contributed by atoms with Crippen LogP contribution in [-0.4, -0.2) is 22.2 Å². The molecule has 0 radical (unpaired) electrons. The molecule has 2 aromatic carbocycles. The normalized spacial score (nSPS) is 22.6. The van der Waals surface area contributed by atoms with E-state index in [1.165, 1.54) is 11.1 Å². The third-order valence-electron chi connectivity index (χ3n) is 5.97.